The molecule has 0 aromatic carbocycles. The SMILES string of the molecule is CC1CCCCC1C1CCCCC1CCO. The molecule has 2 saturated carbocycles. The van der Waals surface area contributed by atoms with E-state index < -0.39 is 0 Å². The third-order valence-electron chi connectivity index (χ3n) is 5.20. The van der Waals surface area contributed by atoms with Gasteiger partial charge in [-0.2, -0.15) is 0 Å². The van der Waals surface area contributed by atoms with Crippen molar-refractivity contribution in [1.82, 2.24) is 0 Å². The first-order valence-electron chi connectivity index (χ1n) is 7.43. The summed E-state index contributed by atoms with van der Waals surface area (Å²) in [5.41, 5.74) is 0. The molecule has 0 spiro atoms. The smallest absolute Gasteiger partial charge is 0.0433 e. The molecule has 0 bridgehead atoms. The second kappa shape index (κ2) is 6.05. The van der Waals surface area contributed by atoms with Crippen molar-refractivity contribution in [2.24, 2.45) is 23.7 Å². The lowest BCUT2D eigenvalue weighted by Gasteiger charge is -2.42. The van der Waals surface area contributed by atoms with Gasteiger partial charge in [0.05, 0.1) is 0 Å². The second-order valence-corrected chi connectivity index (χ2v) is 6.15. The van der Waals surface area contributed by atoms with Gasteiger partial charge >= 0.3 is 0 Å². The van der Waals surface area contributed by atoms with Crippen LogP contribution in [0, 0.1) is 23.7 Å². The van der Waals surface area contributed by atoms with Crippen LogP contribution in [0.25, 0.3) is 0 Å². The van der Waals surface area contributed by atoms with Crippen LogP contribution in [0.5, 0.6) is 0 Å². The third kappa shape index (κ3) is 2.80. The van der Waals surface area contributed by atoms with Gasteiger partial charge < -0.3 is 5.11 Å². The monoisotopic (exact) mass is 224 g/mol. The average Bonchev–Trinajstić information content (AvgIpc) is 2.31. The van der Waals surface area contributed by atoms with Gasteiger partial charge in [-0.3, -0.25) is 0 Å². The van der Waals surface area contributed by atoms with Crippen molar-refractivity contribution in [2.45, 2.75) is 64.7 Å². The Labute approximate surface area is 101 Å². The van der Waals surface area contributed by atoms with Crippen molar-refractivity contribution in [3.63, 3.8) is 0 Å². The lowest BCUT2D eigenvalue weighted by molar-refractivity contribution is 0.0737. The molecule has 2 aliphatic rings. The number of aliphatic hydroxyl groups excluding tert-OH is 1. The van der Waals surface area contributed by atoms with Gasteiger partial charge in [0.25, 0.3) is 0 Å². The molecular weight excluding hydrogens is 196 g/mol. The van der Waals surface area contributed by atoms with Gasteiger partial charge in [-0.15, -0.1) is 0 Å². The summed E-state index contributed by atoms with van der Waals surface area (Å²) in [6.07, 6.45) is 12.6. The molecule has 2 rings (SSSR count). The van der Waals surface area contributed by atoms with E-state index in [1.807, 2.05) is 0 Å². The van der Waals surface area contributed by atoms with Gasteiger partial charge in [0, 0.05) is 6.61 Å². The first kappa shape index (κ1) is 12.4. The Morgan fingerprint density at radius 3 is 2.19 bits per heavy atom. The summed E-state index contributed by atoms with van der Waals surface area (Å²) >= 11 is 0. The summed E-state index contributed by atoms with van der Waals surface area (Å²) in [6.45, 7) is 2.87. The first-order valence-corrected chi connectivity index (χ1v) is 7.43. The largest absolute Gasteiger partial charge is 0.396 e. The topological polar surface area (TPSA) is 20.2 Å². The molecule has 0 aromatic heterocycles. The van der Waals surface area contributed by atoms with Crippen LogP contribution in [-0.2, 0) is 0 Å². The Hall–Kier alpha value is -0.0400. The number of hydrogen-bond donors (Lipinski definition) is 1. The van der Waals surface area contributed by atoms with Gasteiger partial charge in [0.2, 0.25) is 0 Å². The first-order chi connectivity index (χ1) is 7.83. The van der Waals surface area contributed by atoms with Crippen molar-refractivity contribution in [2.75, 3.05) is 6.61 Å². The highest BCUT2D eigenvalue weighted by atomic mass is 16.3. The van der Waals surface area contributed by atoms with E-state index in [0.29, 0.717) is 6.61 Å². The van der Waals surface area contributed by atoms with E-state index in [2.05, 4.69) is 6.92 Å². The van der Waals surface area contributed by atoms with Gasteiger partial charge in [-0.1, -0.05) is 45.4 Å². The van der Waals surface area contributed by atoms with Crippen molar-refractivity contribution in [3.8, 4) is 0 Å². The quantitative estimate of drug-likeness (QED) is 0.768. The van der Waals surface area contributed by atoms with E-state index in [-0.39, 0.29) is 0 Å². The second-order valence-electron chi connectivity index (χ2n) is 6.15. The predicted octanol–water partition coefficient (Wildman–Crippen LogP) is 4.00. The van der Waals surface area contributed by atoms with Crippen molar-refractivity contribution < 1.29 is 5.11 Å². The van der Waals surface area contributed by atoms with Crippen molar-refractivity contribution >= 4 is 0 Å². The van der Waals surface area contributed by atoms with Crippen molar-refractivity contribution in [1.29, 1.82) is 0 Å². The molecule has 0 heterocycles. The van der Waals surface area contributed by atoms with E-state index in [1.165, 1.54) is 51.4 Å². The molecule has 0 amide bonds. The fourth-order valence-electron chi connectivity index (χ4n) is 4.31. The zero-order valence-electron chi connectivity index (χ0n) is 10.8. The molecule has 0 aromatic rings. The number of aliphatic hydroxyl groups is 1. The number of hydrogen-bond acceptors (Lipinski definition) is 1. The van der Waals surface area contributed by atoms with Gasteiger partial charge in [-0.05, 0) is 42.9 Å². The van der Waals surface area contributed by atoms with Crippen molar-refractivity contribution in [3.05, 3.63) is 0 Å². The molecule has 0 radical (unpaired) electrons. The van der Waals surface area contributed by atoms with Crippen LogP contribution >= 0.6 is 0 Å². The maximum absolute atomic E-state index is 9.20. The van der Waals surface area contributed by atoms with Crippen LogP contribution in [0.15, 0.2) is 0 Å². The molecule has 1 N–H and O–H groups in total. The van der Waals surface area contributed by atoms with E-state index in [0.717, 1.165) is 30.1 Å². The molecule has 0 saturated heterocycles. The molecule has 4 atom stereocenters. The van der Waals surface area contributed by atoms with E-state index in [4.69, 9.17) is 0 Å². The molecular formula is C15H28O. The predicted molar refractivity (Wildman–Crippen MR) is 68.3 cm³/mol. The highest BCUT2D eigenvalue weighted by Gasteiger charge is 2.35. The molecule has 16 heavy (non-hydrogen) atoms. The maximum Gasteiger partial charge on any atom is 0.0433 e. The van der Waals surface area contributed by atoms with Crippen LogP contribution in [0.4, 0.5) is 0 Å². The molecule has 1 heteroatoms. The lowest BCUT2D eigenvalue weighted by Crippen LogP contribution is -2.33. The molecule has 2 fully saturated rings. The van der Waals surface area contributed by atoms with E-state index in [1.54, 1.807) is 0 Å². The third-order valence-corrected chi connectivity index (χ3v) is 5.20. The Morgan fingerprint density at radius 2 is 1.50 bits per heavy atom. The summed E-state index contributed by atoms with van der Waals surface area (Å²) in [7, 11) is 0. The minimum absolute atomic E-state index is 0.405. The Morgan fingerprint density at radius 1 is 0.875 bits per heavy atom. The standard InChI is InChI=1S/C15H28O/c1-12-6-2-4-8-14(12)15-9-5-3-7-13(15)10-11-16/h12-16H,2-11H2,1H3. The summed E-state index contributed by atoms with van der Waals surface area (Å²) in [5, 5.41) is 9.20. The minimum Gasteiger partial charge on any atom is -0.396 e. The molecule has 4 unspecified atom stereocenters. The minimum atomic E-state index is 0.405. The normalized spacial score (nSPS) is 40.9. The zero-order chi connectivity index (χ0) is 11.4. The zero-order valence-corrected chi connectivity index (χ0v) is 10.8. The summed E-state index contributed by atoms with van der Waals surface area (Å²) in [4.78, 5) is 0. The Balaban J connectivity index is 1.97. The molecule has 2 aliphatic carbocycles. The molecule has 1 nitrogen and oxygen atoms in total. The van der Waals surface area contributed by atoms with Crippen LogP contribution < -0.4 is 0 Å². The van der Waals surface area contributed by atoms with E-state index in [9.17, 15) is 5.11 Å². The highest BCUT2D eigenvalue weighted by Crippen LogP contribution is 2.44. The maximum atomic E-state index is 9.20. The van der Waals surface area contributed by atoms with E-state index >= 15 is 0 Å². The Bertz CT molecular complexity index is 200. The fraction of sp³-hybridized carbons (Fsp3) is 1.00. The van der Waals surface area contributed by atoms with Gasteiger partial charge in [-0.25, -0.2) is 0 Å². The summed E-state index contributed by atoms with van der Waals surface area (Å²) in [6, 6.07) is 0. The Kier molecular flexibility index (Phi) is 4.69. The molecule has 94 valence electrons. The van der Waals surface area contributed by atoms with Crippen LogP contribution in [0.3, 0.4) is 0 Å². The fourth-order valence-corrected chi connectivity index (χ4v) is 4.31. The lowest BCUT2D eigenvalue weighted by atomic mass is 9.64. The van der Waals surface area contributed by atoms with Crippen LogP contribution in [0.2, 0.25) is 0 Å². The summed E-state index contributed by atoms with van der Waals surface area (Å²) < 4.78 is 0. The average molecular weight is 224 g/mol. The number of rotatable bonds is 3. The van der Waals surface area contributed by atoms with Gasteiger partial charge in [0.15, 0.2) is 0 Å². The van der Waals surface area contributed by atoms with Gasteiger partial charge in [0.1, 0.15) is 0 Å². The summed E-state index contributed by atoms with van der Waals surface area (Å²) in [5.74, 6) is 3.70. The molecule has 0 aliphatic heterocycles. The van der Waals surface area contributed by atoms with Crippen LogP contribution in [-0.4, -0.2) is 11.7 Å². The highest BCUT2D eigenvalue weighted by molar-refractivity contribution is 4.85. The van der Waals surface area contributed by atoms with Crippen LogP contribution in [0.1, 0.15) is 64.7 Å².